The second kappa shape index (κ2) is 1.96. The Morgan fingerprint density at radius 2 is 2.22 bits per heavy atom. The van der Waals surface area contributed by atoms with Gasteiger partial charge in [-0.2, -0.15) is 0 Å². The molecule has 0 spiro atoms. The van der Waals surface area contributed by atoms with E-state index in [4.69, 9.17) is 5.11 Å². The first-order valence-corrected chi connectivity index (χ1v) is 3.74. The molecule has 9 heavy (non-hydrogen) atoms. The molecule has 1 aliphatic heterocycles. The molecule has 3 atom stereocenters. The number of fused-ring (bicyclic) bond motifs is 1. The minimum atomic E-state index is 0.323. The van der Waals surface area contributed by atoms with Crippen molar-refractivity contribution in [2.45, 2.75) is 18.9 Å². The van der Waals surface area contributed by atoms with E-state index in [1.54, 1.807) is 0 Å². The van der Waals surface area contributed by atoms with E-state index in [0.29, 0.717) is 12.6 Å². The smallest absolute Gasteiger partial charge is 0.0584 e. The molecule has 2 nitrogen and oxygen atoms in total. The van der Waals surface area contributed by atoms with Crippen LogP contribution in [0.25, 0.3) is 0 Å². The molecule has 0 amide bonds. The Hall–Kier alpha value is -0.0800. The molecule has 52 valence electrons. The highest BCUT2D eigenvalue weighted by molar-refractivity contribution is 4.95. The maximum Gasteiger partial charge on any atom is 0.0584 e. The van der Waals surface area contributed by atoms with Gasteiger partial charge >= 0.3 is 0 Å². The van der Waals surface area contributed by atoms with Gasteiger partial charge < -0.3 is 10.4 Å². The standard InChI is InChI=1S/C7H13NO/c9-4-7-2-5-1-6(5)3-8-7/h5-9H,1-4H2. The van der Waals surface area contributed by atoms with Crippen LogP contribution in [-0.4, -0.2) is 24.3 Å². The monoisotopic (exact) mass is 127 g/mol. The Morgan fingerprint density at radius 3 is 2.89 bits per heavy atom. The average Bonchev–Trinajstić information content (AvgIpc) is 2.64. The second-order valence-corrected chi connectivity index (χ2v) is 3.28. The largest absolute Gasteiger partial charge is 0.395 e. The van der Waals surface area contributed by atoms with Crippen LogP contribution in [0.2, 0.25) is 0 Å². The lowest BCUT2D eigenvalue weighted by atomic mass is 10.1. The van der Waals surface area contributed by atoms with E-state index >= 15 is 0 Å². The molecule has 0 bridgehead atoms. The lowest BCUT2D eigenvalue weighted by Crippen LogP contribution is -2.37. The van der Waals surface area contributed by atoms with Crippen LogP contribution in [0.4, 0.5) is 0 Å². The number of nitrogens with one attached hydrogen (secondary N) is 1. The fraction of sp³-hybridized carbons (Fsp3) is 1.00. The van der Waals surface area contributed by atoms with E-state index in [9.17, 15) is 0 Å². The van der Waals surface area contributed by atoms with Crippen molar-refractivity contribution in [2.24, 2.45) is 11.8 Å². The zero-order chi connectivity index (χ0) is 6.27. The number of aliphatic hydroxyl groups is 1. The van der Waals surface area contributed by atoms with Crippen LogP contribution < -0.4 is 5.32 Å². The van der Waals surface area contributed by atoms with E-state index in [0.717, 1.165) is 18.4 Å². The van der Waals surface area contributed by atoms with Crippen LogP contribution in [-0.2, 0) is 0 Å². The van der Waals surface area contributed by atoms with Gasteiger partial charge in [0, 0.05) is 6.04 Å². The maximum absolute atomic E-state index is 8.76. The number of hydrogen-bond acceptors (Lipinski definition) is 2. The summed E-state index contributed by atoms with van der Waals surface area (Å²) in [4.78, 5) is 0. The molecule has 0 aromatic rings. The number of piperidine rings is 1. The van der Waals surface area contributed by atoms with Crippen molar-refractivity contribution in [3.05, 3.63) is 0 Å². The molecule has 2 aliphatic rings. The van der Waals surface area contributed by atoms with E-state index < -0.39 is 0 Å². The van der Waals surface area contributed by atoms with E-state index in [1.807, 2.05) is 0 Å². The normalized spacial score (nSPS) is 48.3. The van der Waals surface area contributed by atoms with Crippen molar-refractivity contribution in [2.75, 3.05) is 13.2 Å². The van der Waals surface area contributed by atoms with Gasteiger partial charge in [0.1, 0.15) is 0 Å². The summed E-state index contributed by atoms with van der Waals surface area (Å²) in [6.45, 7) is 1.47. The van der Waals surface area contributed by atoms with Crippen LogP contribution in [0.15, 0.2) is 0 Å². The van der Waals surface area contributed by atoms with Gasteiger partial charge in [0.05, 0.1) is 6.61 Å². The third kappa shape index (κ3) is 0.970. The molecule has 1 aliphatic carbocycles. The van der Waals surface area contributed by atoms with E-state index in [-0.39, 0.29) is 0 Å². The highest BCUT2D eigenvalue weighted by atomic mass is 16.3. The summed E-state index contributed by atoms with van der Waals surface area (Å²) in [7, 11) is 0. The summed E-state index contributed by atoms with van der Waals surface area (Å²) in [6, 6.07) is 0.411. The van der Waals surface area contributed by atoms with Gasteiger partial charge in [-0.05, 0) is 31.2 Å². The van der Waals surface area contributed by atoms with E-state index in [2.05, 4.69) is 5.32 Å². The van der Waals surface area contributed by atoms with Crippen molar-refractivity contribution in [3.63, 3.8) is 0 Å². The highest BCUT2D eigenvalue weighted by Gasteiger charge is 2.41. The molecule has 1 saturated carbocycles. The van der Waals surface area contributed by atoms with Crippen molar-refractivity contribution >= 4 is 0 Å². The Morgan fingerprint density at radius 1 is 1.33 bits per heavy atom. The average molecular weight is 127 g/mol. The first-order chi connectivity index (χ1) is 4.40. The van der Waals surface area contributed by atoms with Gasteiger partial charge in [0.2, 0.25) is 0 Å². The van der Waals surface area contributed by atoms with Crippen LogP contribution in [0, 0.1) is 11.8 Å². The highest BCUT2D eigenvalue weighted by Crippen LogP contribution is 2.43. The molecular weight excluding hydrogens is 114 g/mol. The fourth-order valence-corrected chi connectivity index (χ4v) is 1.75. The minimum Gasteiger partial charge on any atom is -0.395 e. The molecular formula is C7H13NO. The fourth-order valence-electron chi connectivity index (χ4n) is 1.75. The van der Waals surface area contributed by atoms with Crippen LogP contribution in [0.5, 0.6) is 0 Å². The number of rotatable bonds is 1. The minimum absolute atomic E-state index is 0.323. The van der Waals surface area contributed by atoms with E-state index in [1.165, 1.54) is 12.8 Å². The van der Waals surface area contributed by atoms with Gasteiger partial charge in [-0.3, -0.25) is 0 Å². The summed E-state index contributed by atoms with van der Waals surface area (Å²) in [5.74, 6) is 1.93. The summed E-state index contributed by atoms with van der Waals surface area (Å²) < 4.78 is 0. The lowest BCUT2D eigenvalue weighted by molar-refractivity contribution is 0.216. The summed E-state index contributed by atoms with van der Waals surface area (Å²) in [5.41, 5.74) is 0. The summed E-state index contributed by atoms with van der Waals surface area (Å²) >= 11 is 0. The molecule has 0 aromatic heterocycles. The summed E-state index contributed by atoms with van der Waals surface area (Å²) in [5, 5.41) is 12.1. The molecule has 1 heterocycles. The van der Waals surface area contributed by atoms with Gasteiger partial charge in [-0.1, -0.05) is 0 Å². The van der Waals surface area contributed by atoms with Crippen LogP contribution in [0.1, 0.15) is 12.8 Å². The number of hydrogen-bond donors (Lipinski definition) is 2. The third-order valence-corrected chi connectivity index (χ3v) is 2.55. The van der Waals surface area contributed by atoms with Crippen LogP contribution >= 0.6 is 0 Å². The second-order valence-electron chi connectivity index (χ2n) is 3.28. The molecule has 1 saturated heterocycles. The zero-order valence-corrected chi connectivity index (χ0v) is 5.51. The van der Waals surface area contributed by atoms with Crippen molar-refractivity contribution in [1.29, 1.82) is 0 Å². The predicted molar refractivity (Wildman–Crippen MR) is 35.1 cm³/mol. The molecule has 2 rings (SSSR count). The van der Waals surface area contributed by atoms with Gasteiger partial charge in [0.15, 0.2) is 0 Å². The molecule has 3 unspecified atom stereocenters. The van der Waals surface area contributed by atoms with Gasteiger partial charge in [-0.25, -0.2) is 0 Å². The Balaban J connectivity index is 1.86. The Bertz CT molecular complexity index is 115. The molecule has 2 N–H and O–H groups in total. The predicted octanol–water partition coefficient (Wildman–Crippen LogP) is -0.0233. The SMILES string of the molecule is OCC1CC2CC2CN1. The van der Waals surface area contributed by atoms with Crippen molar-refractivity contribution in [1.82, 2.24) is 5.32 Å². The topological polar surface area (TPSA) is 32.3 Å². The number of aliphatic hydroxyl groups excluding tert-OH is 1. The van der Waals surface area contributed by atoms with Crippen molar-refractivity contribution in [3.8, 4) is 0 Å². The molecule has 0 radical (unpaired) electrons. The van der Waals surface area contributed by atoms with Gasteiger partial charge in [-0.15, -0.1) is 0 Å². The van der Waals surface area contributed by atoms with Crippen LogP contribution in [0.3, 0.4) is 0 Å². The zero-order valence-electron chi connectivity index (χ0n) is 5.51. The van der Waals surface area contributed by atoms with Crippen molar-refractivity contribution < 1.29 is 5.11 Å². The third-order valence-electron chi connectivity index (χ3n) is 2.55. The lowest BCUT2D eigenvalue weighted by Gasteiger charge is -2.20. The quantitative estimate of drug-likeness (QED) is 0.518. The summed E-state index contributed by atoms with van der Waals surface area (Å²) in [6.07, 6.45) is 2.62. The first-order valence-electron chi connectivity index (χ1n) is 3.74. The Kier molecular flexibility index (Phi) is 1.24. The molecule has 2 fully saturated rings. The molecule has 0 aromatic carbocycles. The van der Waals surface area contributed by atoms with Gasteiger partial charge in [0.25, 0.3) is 0 Å². The molecule has 2 heteroatoms. The maximum atomic E-state index is 8.76. The Labute approximate surface area is 55.3 Å². The first kappa shape index (κ1) is 5.69.